The van der Waals surface area contributed by atoms with Gasteiger partial charge in [0, 0.05) is 34.6 Å². The molecule has 0 spiro atoms. The number of benzene rings is 2. The lowest BCUT2D eigenvalue weighted by atomic mass is 10.0. The first-order valence-corrected chi connectivity index (χ1v) is 11.0. The number of rotatable bonds is 9. The molecule has 11 heteroatoms. The van der Waals surface area contributed by atoms with Crippen LogP contribution in [0, 0.1) is 0 Å². The summed E-state index contributed by atoms with van der Waals surface area (Å²) >= 11 is 0. The Labute approximate surface area is 201 Å². The van der Waals surface area contributed by atoms with Crippen LogP contribution in [0.3, 0.4) is 0 Å². The molecule has 2 aromatic carbocycles. The summed E-state index contributed by atoms with van der Waals surface area (Å²) in [5, 5.41) is 9.85. The van der Waals surface area contributed by atoms with Gasteiger partial charge in [-0.3, -0.25) is 4.79 Å². The summed E-state index contributed by atoms with van der Waals surface area (Å²) in [5.41, 5.74) is 0.488. The van der Waals surface area contributed by atoms with E-state index in [1.54, 1.807) is 42.0 Å². The number of oxazole rings is 1. The number of alkyl halides is 5. The highest BCUT2D eigenvalue weighted by Crippen LogP contribution is 2.40. The molecule has 190 valence electrons. The third kappa shape index (κ3) is 4.91. The van der Waals surface area contributed by atoms with Gasteiger partial charge in [0.1, 0.15) is 37.1 Å². The summed E-state index contributed by atoms with van der Waals surface area (Å²) in [6, 6.07) is 10.0. The zero-order valence-corrected chi connectivity index (χ0v) is 19.0. The zero-order chi connectivity index (χ0) is 26.0. The first-order chi connectivity index (χ1) is 17.2. The van der Waals surface area contributed by atoms with E-state index in [-0.39, 0.29) is 18.0 Å². The van der Waals surface area contributed by atoms with E-state index in [0.29, 0.717) is 34.3 Å². The molecule has 1 N–H and O–H groups in total. The summed E-state index contributed by atoms with van der Waals surface area (Å²) in [6.45, 7) is -0.996. The lowest BCUT2D eigenvalue weighted by Crippen LogP contribution is -2.23. The van der Waals surface area contributed by atoms with Crippen molar-refractivity contribution in [2.24, 2.45) is 0 Å². The summed E-state index contributed by atoms with van der Waals surface area (Å²) in [5.74, 6) is -1.35. The average Bonchev–Trinajstić information content (AvgIpc) is 3.46. The number of carboxylic acid groups (broad SMARTS) is 1. The van der Waals surface area contributed by atoms with Crippen molar-refractivity contribution < 1.29 is 41.0 Å². The Hall–Kier alpha value is -3.89. The number of aryl methyl sites for hydroxylation is 1. The van der Waals surface area contributed by atoms with Crippen LogP contribution in [0.15, 0.2) is 53.1 Å². The van der Waals surface area contributed by atoms with E-state index >= 15 is 0 Å². The van der Waals surface area contributed by atoms with Crippen LogP contribution in [-0.2, 0) is 23.9 Å². The second kappa shape index (κ2) is 10.00. The Morgan fingerprint density at radius 2 is 1.92 bits per heavy atom. The van der Waals surface area contributed by atoms with E-state index in [1.165, 1.54) is 6.07 Å². The normalized spacial score (nSPS) is 12.0. The molecule has 6 nitrogen and oxygen atoms in total. The molecular weight excluding hydrogens is 487 g/mol. The summed E-state index contributed by atoms with van der Waals surface area (Å²) in [6.07, 6.45) is -4.49. The molecule has 0 bridgehead atoms. The minimum atomic E-state index is -4.86. The van der Waals surface area contributed by atoms with Gasteiger partial charge in [-0.1, -0.05) is 19.1 Å². The number of halogens is 5. The maximum absolute atomic E-state index is 13.7. The van der Waals surface area contributed by atoms with E-state index in [2.05, 4.69) is 4.98 Å². The van der Waals surface area contributed by atoms with Crippen LogP contribution in [0.4, 0.5) is 22.0 Å². The molecule has 0 atom stereocenters. The number of aliphatic carboxylic acids is 1. The van der Waals surface area contributed by atoms with Crippen LogP contribution in [0.25, 0.3) is 33.6 Å². The van der Waals surface area contributed by atoms with Crippen molar-refractivity contribution in [3.63, 3.8) is 0 Å². The quantitative estimate of drug-likeness (QED) is 0.268. The number of hydrogen-bond donors (Lipinski definition) is 1. The molecule has 0 aliphatic heterocycles. The van der Waals surface area contributed by atoms with Gasteiger partial charge in [0.25, 0.3) is 0 Å². The fourth-order valence-electron chi connectivity index (χ4n) is 3.91. The van der Waals surface area contributed by atoms with Gasteiger partial charge >= 0.3 is 12.1 Å². The Morgan fingerprint density at radius 1 is 1.17 bits per heavy atom. The highest BCUT2D eigenvalue weighted by molar-refractivity contribution is 5.95. The van der Waals surface area contributed by atoms with Gasteiger partial charge in [0.2, 0.25) is 5.89 Å². The molecule has 4 rings (SSSR count). The van der Waals surface area contributed by atoms with Crippen LogP contribution in [-0.4, -0.2) is 40.1 Å². The van der Waals surface area contributed by atoms with Crippen molar-refractivity contribution in [2.75, 3.05) is 13.3 Å². The molecule has 0 aliphatic rings. The standard InChI is InChI=1S/C25H21F5N2O4/c1-2-20-23(17-4-3-5-19-16(17)8-9-32(19)13-22(33)34)31-24(36-20)14-6-7-21(35-15(11-26)12-27)18(10-14)25(28,29)30/h3-10,15H,2,11-13H2,1H3,(H,33,34). The van der Waals surface area contributed by atoms with Crippen LogP contribution in [0.5, 0.6) is 5.75 Å². The van der Waals surface area contributed by atoms with Crippen molar-refractivity contribution in [1.29, 1.82) is 0 Å². The van der Waals surface area contributed by atoms with E-state index in [0.717, 1.165) is 12.1 Å². The third-order valence-corrected chi connectivity index (χ3v) is 5.56. The van der Waals surface area contributed by atoms with Gasteiger partial charge in [0.05, 0.1) is 5.56 Å². The minimum Gasteiger partial charge on any atom is -0.484 e. The molecule has 4 aromatic rings. The van der Waals surface area contributed by atoms with Gasteiger partial charge in [0.15, 0.2) is 6.10 Å². The first-order valence-electron chi connectivity index (χ1n) is 11.0. The number of fused-ring (bicyclic) bond motifs is 1. The lowest BCUT2D eigenvalue weighted by molar-refractivity contribution is -0.139. The molecule has 36 heavy (non-hydrogen) atoms. The Kier molecular flexibility index (Phi) is 7.00. The molecule has 2 aromatic heterocycles. The van der Waals surface area contributed by atoms with Crippen LogP contribution in [0.1, 0.15) is 18.2 Å². The predicted octanol–water partition coefficient (Wildman–Crippen LogP) is 6.32. The van der Waals surface area contributed by atoms with Crippen molar-refractivity contribution in [3.8, 4) is 28.5 Å². The Morgan fingerprint density at radius 3 is 2.56 bits per heavy atom. The maximum atomic E-state index is 13.7. The van der Waals surface area contributed by atoms with Crippen molar-refractivity contribution in [3.05, 3.63) is 60.0 Å². The molecule has 2 heterocycles. The fourth-order valence-corrected chi connectivity index (χ4v) is 3.91. The SMILES string of the molecule is CCc1oc(-c2ccc(OC(CF)CF)c(C(F)(F)F)c2)nc1-c1cccc2c1ccn2CC(=O)O. The highest BCUT2D eigenvalue weighted by Gasteiger charge is 2.36. The molecule has 0 unspecified atom stereocenters. The molecule has 0 radical (unpaired) electrons. The van der Waals surface area contributed by atoms with Crippen LogP contribution >= 0.6 is 0 Å². The van der Waals surface area contributed by atoms with E-state index in [4.69, 9.17) is 14.3 Å². The summed E-state index contributed by atoms with van der Waals surface area (Å²) < 4.78 is 79.1. The molecule has 0 amide bonds. The van der Waals surface area contributed by atoms with Crippen LogP contribution < -0.4 is 4.74 Å². The van der Waals surface area contributed by atoms with Crippen molar-refractivity contribution >= 4 is 16.9 Å². The minimum absolute atomic E-state index is 0.00305. The lowest BCUT2D eigenvalue weighted by Gasteiger charge is -2.18. The average molecular weight is 508 g/mol. The number of ether oxygens (including phenoxy) is 1. The van der Waals surface area contributed by atoms with Crippen molar-refractivity contribution in [1.82, 2.24) is 9.55 Å². The molecule has 0 fully saturated rings. The Balaban J connectivity index is 1.79. The molecule has 0 saturated carbocycles. The number of aromatic nitrogens is 2. The summed E-state index contributed by atoms with van der Waals surface area (Å²) in [7, 11) is 0. The van der Waals surface area contributed by atoms with Gasteiger partial charge < -0.3 is 18.8 Å². The van der Waals surface area contributed by atoms with Gasteiger partial charge in [-0.2, -0.15) is 13.2 Å². The number of carbonyl (C=O) groups is 1. The number of nitrogens with zero attached hydrogens (tertiary/aromatic N) is 2. The highest BCUT2D eigenvalue weighted by atomic mass is 19.4. The Bertz CT molecular complexity index is 1390. The van der Waals surface area contributed by atoms with Gasteiger partial charge in [-0.05, 0) is 30.3 Å². The molecular formula is C25H21F5N2O4. The molecule has 0 aliphatic carbocycles. The second-order valence-corrected chi connectivity index (χ2v) is 7.98. The van der Waals surface area contributed by atoms with Crippen LogP contribution in [0.2, 0.25) is 0 Å². The number of hydrogen-bond acceptors (Lipinski definition) is 4. The van der Waals surface area contributed by atoms with Gasteiger partial charge in [-0.25, -0.2) is 13.8 Å². The summed E-state index contributed by atoms with van der Waals surface area (Å²) in [4.78, 5) is 15.6. The van der Waals surface area contributed by atoms with Gasteiger partial charge in [-0.15, -0.1) is 0 Å². The van der Waals surface area contributed by atoms with E-state index in [9.17, 15) is 26.7 Å². The monoisotopic (exact) mass is 508 g/mol. The second-order valence-electron chi connectivity index (χ2n) is 7.98. The van der Waals surface area contributed by atoms with Crippen molar-refractivity contribution in [2.45, 2.75) is 32.2 Å². The predicted molar refractivity (Wildman–Crippen MR) is 121 cm³/mol. The number of carboxylic acids is 1. The largest absolute Gasteiger partial charge is 0.484 e. The maximum Gasteiger partial charge on any atom is 0.419 e. The zero-order valence-electron chi connectivity index (χ0n) is 19.0. The van der Waals surface area contributed by atoms with E-state index in [1.807, 2.05) is 0 Å². The third-order valence-electron chi connectivity index (χ3n) is 5.56. The fraction of sp³-hybridized carbons (Fsp3) is 0.280. The smallest absolute Gasteiger partial charge is 0.419 e. The topological polar surface area (TPSA) is 77.5 Å². The first kappa shape index (κ1) is 25.2. The molecule has 0 saturated heterocycles. The van der Waals surface area contributed by atoms with E-state index < -0.39 is 42.9 Å².